The molecule has 0 amide bonds. The van der Waals surface area contributed by atoms with Crippen molar-refractivity contribution in [2.75, 3.05) is 17.2 Å². The Labute approximate surface area is 123 Å². The molecule has 2 rings (SSSR count). The molecule has 0 saturated heterocycles. The lowest BCUT2D eigenvalue weighted by atomic mass is 10.2. The van der Waals surface area contributed by atoms with E-state index in [0.717, 1.165) is 11.4 Å². The van der Waals surface area contributed by atoms with Gasteiger partial charge in [0, 0.05) is 18.3 Å². The molecule has 0 atom stereocenters. The highest BCUT2D eigenvalue weighted by Crippen LogP contribution is 2.30. The van der Waals surface area contributed by atoms with Gasteiger partial charge < -0.3 is 10.6 Å². The molecule has 0 spiro atoms. The number of halogens is 2. The lowest BCUT2D eigenvalue weighted by Gasteiger charge is -2.24. The number of anilines is 2. The van der Waals surface area contributed by atoms with E-state index in [1.54, 1.807) is 0 Å². The van der Waals surface area contributed by atoms with Crippen LogP contribution in [0, 0.1) is 12.7 Å². The molecular weight excluding hydrogens is 277 g/mol. The van der Waals surface area contributed by atoms with Gasteiger partial charge in [0.15, 0.2) is 0 Å². The fourth-order valence-corrected chi connectivity index (χ4v) is 2.25. The van der Waals surface area contributed by atoms with Gasteiger partial charge in [-0.2, -0.15) is 0 Å². The van der Waals surface area contributed by atoms with Crippen LogP contribution in [-0.2, 0) is 6.54 Å². The predicted octanol–water partition coefficient (Wildman–Crippen LogP) is 3.79. The summed E-state index contributed by atoms with van der Waals surface area (Å²) in [5, 5.41) is 0.0379. The van der Waals surface area contributed by atoms with Crippen molar-refractivity contribution >= 4 is 23.0 Å². The summed E-state index contributed by atoms with van der Waals surface area (Å²) in [6.45, 7) is 5.20. The lowest BCUT2D eigenvalue weighted by molar-refractivity contribution is 0.627. The topological polar surface area (TPSA) is 42.2 Å². The van der Waals surface area contributed by atoms with E-state index in [2.05, 4.69) is 4.98 Å². The molecule has 5 heteroatoms. The maximum Gasteiger partial charge on any atom is 0.144 e. The smallest absolute Gasteiger partial charge is 0.144 e. The van der Waals surface area contributed by atoms with Gasteiger partial charge in [0.05, 0.1) is 28.6 Å². The van der Waals surface area contributed by atoms with Crippen LogP contribution in [0.3, 0.4) is 0 Å². The van der Waals surface area contributed by atoms with Gasteiger partial charge in [-0.3, -0.25) is 4.98 Å². The van der Waals surface area contributed by atoms with Crippen LogP contribution in [-0.4, -0.2) is 11.5 Å². The summed E-state index contributed by atoms with van der Waals surface area (Å²) in [7, 11) is 0. The number of nitrogen functional groups attached to an aromatic ring is 1. The van der Waals surface area contributed by atoms with E-state index in [1.165, 1.54) is 12.1 Å². The second-order valence-corrected chi connectivity index (χ2v) is 5.02. The molecule has 0 unspecified atom stereocenters. The van der Waals surface area contributed by atoms with E-state index in [-0.39, 0.29) is 5.02 Å². The maximum atomic E-state index is 13.6. The number of nitrogens with zero attached hydrogens (tertiary/aromatic N) is 2. The van der Waals surface area contributed by atoms with Crippen molar-refractivity contribution in [1.29, 1.82) is 0 Å². The molecule has 106 valence electrons. The van der Waals surface area contributed by atoms with Crippen molar-refractivity contribution in [3.05, 3.63) is 52.6 Å². The molecule has 0 saturated carbocycles. The number of hydrogen-bond donors (Lipinski definition) is 1. The molecule has 3 nitrogen and oxygen atoms in total. The van der Waals surface area contributed by atoms with Crippen LogP contribution >= 0.6 is 11.6 Å². The van der Waals surface area contributed by atoms with Crippen molar-refractivity contribution in [2.45, 2.75) is 20.4 Å². The Hall–Kier alpha value is -1.81. The molecule has 0 bridgehead atoms. The van der Waals surface area contributed by atoms with Gasteiger partial charge in [-0.1, -0.05) is 17.7 Å². The van der Waals surface area contributed by atoms with Gasteiger partial charge in [0.25, 0.3) is 0 Å². The summed E-state index contributed by atoms with van der Waals surface area (Å²) in [6.07, 6.45) is 0. The van der Waals surface area contributed by atoms with E-state index in [4.69, 9.17) is 17.3 Å². The summed E-state index contributed by atoms with van der Waals surface area (Å²) in [5.41, 5.74) is 8.91. The highest BCUT2D eigenvalue weighted by Gasteiger charge is 2.13. The van der Waals surface area contributed by atoms with Gasteiger partial charge in [-0.15, -0.1) is 0 Å². The second-order valence-electron chi connectivity index (χ2n) is 4.61. The van der Waals surface area contributed by atoms with E-state index < -0.39 is 5.82 Å². The Morgan fingerprint density at radius 2 is 2.10 bits per heavy atom. The minimum absolute atomic E-state index is 0.0379. The quantitative estimate of drug-likeness (QED) is 0.872. The van der Waals surface area contributed by atoms with Crippen LogP contribution in [0.5, 0.6) is 0 Å². The molecule has 1 aromatic heterocycles. The van der Waals surface area contributed by atoms with E-state index in [0.29, 0.717) is 24.5 Å². The summed E-state index contributed by atoms with van der Waals surface area (Å²) in [5.74, 6) is -0.466. The molecule has 1 heterocycles. The van der Waals surface area contributed by atoms with Gasteiger partial charge in [-0.25, -0.2) is 4.39 Å². The zero-order valence-electron chi connectivity index (χ0n) is 11.5. The molecule has 2 N–H and O–H groups in total. The van der Waals surface area contributed by atoms with Crippen molar-refractivity contribution in [2.24, 2.45) is 0 Å². The third-order valence-corrected chi connectivity index (χ3v) is 3.38. The Morgan fingerprint density at radius 3 is 2.75 bits per heavy atom. The molecule has 0 fully saturated rings. The zero-order chi connectivity index (χ0) is 14.7. The van der Waals surface area contributed by atoms with Gasteiger partial charge in [0.1, 0.15) is 5.82 Å². The van der Waals surface area contributed by atoms with E-state index in [9.17, 15) is 4.39 Å². The van der Waals surface area contributed by atoms with Crippen molar-refractivity contribution in [3.63, 3.8) is 0 Å². The van der Waals surface area contributed by atoms with Crippen LogP contribution in [0.15, 0.2) is 30.3 Å². The third kappa shape index (κ3) is 3.20. The summed E-state index contributed by atoms with van der Waals surface area (Å²) < 4.78 is 13.6. The number of aryl methyl sites for hydroxylation is 1. The highest BCUT2D eigenvalue weighted by molar-refractivity contribution is 6.31. The lowest BCUT2D eigenvalue weighted by Crippen LogP contribution is -2.24. The fourth-order valence-electron chi connectivity index (χ4n) is 2.08. The maximum absolute atomic E-state index is 13.6. The minimum atomic E-state index is -0.466. The first-order valence-electron chi connectivity index (χ1n) is 6.43. The normalized spacial score (nSPS) is 10.6. The number of nitrogens with two attached hydrogens (primary N) is 1. The number of hydrogen-bond acceptors (Lipinski definition) is 3. The third-order valence-electron chi connectivity index (χ3n) is 3.09. The second kappa shape index (κ2) is 6.09. The van der Waals surface area contributed by atoms with Gasteiger partial charge in [0.2, 0.25) is 0 Å². The Kier molecular flexibility index (Phi) is 4.45. The number of pyridine rings is 1. The zero-order valence-corrected chi connectivity index (χ0v) is 12.3. The standard InChI is InChI=1S/C15H17ClFN3/c1-3-20(9-11-6-4-5-10(2)19-11)15-8-13(17)12(16)7-14(15)18/h4-8H,3,9,18H2,1-2H3. The fraction of sp³-hybridized carbons (Fsp3) is 0.267. The molecular formula is C15H17ClFN3. The van der Waals surface area contributed by atoms with Crippen LogP contribution in [0.1, 0.15) is 18.3 Å². The number of benzene rings is 1. The summed E-state index contributed by atoms with van der Waals surface area (Å²) >= 11 is 5.73. The van der Waals surface area contributed by atoms with Crippen molar-refractivity contribution in [3.8, 4) is 0 Å². The Morgan fingerprint density at radius 1 is 1.35 bits per heavy atom. The van der Waals surface area contributed by atoms with Crippen LogP contribution in [0.2, 0.25) is 5.02 Å². The first-order valence-corrected chi connectivity index (χ1v) is 6.81. The van der Waals surface area contributed by atoms with Crippen molar-refractivity contribution in [1.82, 2.24) is 4.98 Å². The van der Waals surface area contributed by atoms with Crippen LogP contribution < -0.4 is 10.6 Å². The van der Waals surface area contributed by atoms with Crippen molar-refractivity contribution < 1.29 is 4.39 Å². The average Bonchev–Trinajstić information content (AvgIpc) is 2.40. The molecule has 0 radical (unpaired) electrons. The highest BCUT2D eigenvalue weighted by atomic mass is 35.5. The largest absolute Gasteiger partial charge is 0.397 e. The van der Waals surface area contributed by atoms with Gasteiger partial charge in [-0.05, 0) is 32.0 Å². The molecule has 0 aliphatic carbocycles. The van der Waals surface area contributed by atoms with Crippen LogP contribution in [0.25, 0.3) is 0 Å². The first-order chi connectivity index (χ1) is 9.51. The van der Waals surface area contributed by atoms with Gasteiger partial charge >= 0.3 is 0 Å². The summed E-state index contributed by atoms with van der Waals surface area (Å²) in [6, 6.07) is 8.65. The Balaban J connectivity index is 2.31. The Bertz CT molecular complexity index is 616. The molecule has 2 aromatic rings. The predicted molar refractivity (Wildman–Crippen MR) is 81.5 cm³/mol. The molecule has 20 heavy (non-hydrogen) atoms. The SMILES string of the molecule is CCN(Cc1cccc(C)n1)c1cc(F)c(Cl)cc1N. The van der Waals surface area contributed by atoms with Crippen LogP contribution in [0.4, 0.5) is 15.8 Å². The molecule has 0 aliphatic heterocycles. The number of aromatic nitrogens is 1. The summed E-state index contributed by atoms with van der Waals surface area (Å²) in [4.78, 5) is 6.42. The molecule has 0 aliphatic rings. The van der Waals surface area contributed by atoms with E-state index >= 15 is 0 Å². The monoisotopic (exact) mass is 293 g/mol. The number of rotatable bonds is 4. The molecule has 1 aromatic carbocycles. The average molecular weight is 294 g/mol. The first kappa shape index (κ1) is 14.6. The van der Waals surface area contributed by atoms with E-state index in [1.807, 2.05) is 36.9 Å². The minimum Gasteiger partial charge on any atom is -0.397 e.